The molecular formula is C20H24N4O2S. The predicted molar refractivity (Wildman–Crippen MR) is 107 cm³/mol. The van der Waals surface area contributed by atoms with Crippen LogP contribution in [0.1, 0.15) is 41.6 Å². The maximum Gasteiger partial charge on any atom is 0.257 e. The molecule has 1 aromatic carbocycles. The number of benzene rings is 1. The number of thiophene rings is 1. The number of rotatable bonds is 8. The van der Waals surface area contributed by atoms with Crippen LogP contribution in [0.3, 0.4) is 0 Å². The molecule has 0 aliphatic rings. The molecular weight excluding hydrogens is 360 g/mol. The second kappa shape index (κ2) is 8.92. The largest absolute Gasteiger partial charge is 0.350 e. The first-order valence-electron chi connectivity index (χ1n) is 9.07. The van der Waals surface area contributed by atoms with E-state index in [0.29, 0.717) is 23.8 Å². The third-order valence-corrected chi connectivity index (χ3v) is 5.26. The minimum absolute atomic E-state index is 0.0874. The molecule has 0 spiro atoms. The van der Waals surface area contributed by atoms with E-state index in [1.807, 2.05) is 12.1 Å². The molecule has 2 aromatic heterocycles. The fourth-order valence-corrected chi connectivity index (χ4v) is 3.76. The van der Waals surface area contributed by atoms with Crippen molar-refractivity contribution in [3.63, 3.8) is 0 Å². The Morgan fingerprint density at radius 1 is 1.22 bits per heavy atom. The number of carbonyl (C=O) groups is 1. The fourth-order valence-electron chi connectivity index (χ4n) is 3.06. The van der Waals surface area contributed by atoms with Gasteiger partial charge < -0.3 is 9.84 Å². The first kappa shape index (κ1) is 19.3. The molecule has 7 heteroatoms. The summed E-state index contributed by atoms with van der Waals surface area (Å²) in [5.41, 5.74) is 2.65. The number of amides is 1. The Morgan fingerprint density at radius 2 is 1.96 bits per heavy atom. The molecule has 6 nitrogen and oxygen atoms in total. The van der Waals surface area contributed by atoms with Gasteiger partial charge in [-0.1, -0.05) is 19.0 Å². The Balaban J connectivity index is 1.67. The van der Waals surface area contributed by atoms with E-state index in [0.717, 1.165) is 18.7 Å². The normalized spacial score (nSPS) is 12.3. The Bertz CT molecular complexity index is 855. The van der Waals surface area contributed by atoms with Gasteiger partial charge in [-0.15, -0.1) is 0 Å². The highest BCUT2D eigenvalue weighted by Crippen LogP contribution is 2.22. The third kappa shape index (κ3) is 4.61. The quantitative estimate of drug-likeness (QED) is 0.637. The number of carbonyl (C=O) groups excluding carboxylic acids is 1. The van der Waals surface area contributed by atoms with Crippen LogP contribution < -0.4 is 5.32 Å². The van der Waals surface area contributed by atoms with E-state index in [1.165, 1.54) is 5.56 Å². The zero-order valence-corrected chi connectivity index (χ0v) is 16.6. The molecule has 3 aromatic rings. The Morgan fingerprint density at radius 3 is 2.52 bits per heavy atom. The highest BCUT2D eigenvalue weighted by Gasteiger charge is 2.19. The van der Waals surface area contributed by atoms with Gasteiger partial charge in [-0.2, -0.15) is 16.3 Å². The van der Waals surface area contributed by atoms with E-state index < -0.39 is 0 Å². The number of aromatic nitrogens is 2. The van der Waals surface area contributed by atoms with Gasteiger partial charge in [0.25, 0.3) is 11.8 Å². The standard InChI is InChI=1S/C20H24N4O2S/c1-4-24(5-2)18(17-10-11-27-13-17)12-21-19(25)15-6-8-16(9-7-15)20-22-14(3)23-26-20/h6-11,13,18H,4-5,12H2,1-3H3,(H,21,25)/t18-/m1/s1. The molecule has 3 rings (SSSR count). The average molecular weight is 385 g/mol. The average Bonchev–Trinajstić information content (AvgIpc) is 3.37. The number of hydrogen-bond acceptors (Lipinski definition) is 6. The molecule has 0 saturated carbocycles. The summed E-state index contributed by atoms with van der Waals surface area (Å²) in [6.45, 7) is 8.50. The van der Waals surface area contributed by atoms with Crippen molar-refractivity contribution in [1.29, 1.82) is 0 Å². The number of nitrogens with one attached hydrogen (secondary N) is 1. The van der Waals surface area contributed by atoms with Crippen molar-refractivity contribution in [3.8, 4) is 11.5 Å². The summed E-state index contributed by atoms with van der Waals surface area (Å²) < 4.78 is 5.16. The number of aryl methyl sites for hydroxylation is 1. The lowest BCUT2D eigenvalue weighted by atomic mass is 10.1. The van der Waals surface area contributed by atoms with E-state index in [1.54, 1.807) is 30.4 Å². The van der Waals surface area contributed by atoms with Crippen LogP contribution in [0.5, 0.6) is 0 Å². The lowest BCUT2D eigenvalue weighted by Gasteiger charge is -2.29. The first-order chi connectivity index (χ1) is 13.1. The van der Waals surface area contributed by atoms with Crippen LogP contribution in [0, 0.1) is 6.92 Å². The van der Waals surface area contributed by atoms with E-state index in [2.05, 4.69) is 51.0 Å². The van der Waals surface area contributed by atoms with Crippen molar-refractivity contribution in [2.75, 3.05) is 19.6 Å². The Labute approximate surface area is 163 Å². The van der Waals surface area contributed by atoms with Gasteiger partial charge in [0, 0.05) is 17.7 Å². The zero-order chi connectivity index (χ0) is 19.2. The smallest absolute Gasteiger partial charge is 0.257 e. The van der Waals surface area contributed by atoms with E-state index in [4.69, 9.17) is 4.52 Å². The van der Waals surface area contributed by atoms with Crippen LogP contribution in [-0.2, 0) is 0 Å². The van der Waals surface area contributed by atoms with Gasteiger partial charge in [0.15, 0.2) is 5.82 Å². The van der Waals surface area contributed by atoms with E-state index in [-0.39, 0.29) is 11.9 Å². The molecule has 2 heterocycles. The molecule has 0 fully saturated rings. The first-order valence-corrected chi connectivity index (χ1v) is 10.0. The van der Waals surface area contributed by atoms with Crippen molar-refractivity contribution < 1.29 is 9.32 Å². The molecule has 1 atom stereocenters. The molecule has 1 N–H and O–H groups in total. The van der Waals surface area contributed by atoms with Crippen molar-refractivity contribution in [2.24, 2.45) is 0 Å². The SMILES string of the molecule is CCN(CC)[C@H](CNC(=O)c1ccc(-c2nc(C)no2)cc1)c1ccsc1. The van der Waals surface area contributed by atoms with Crippen LogP contribution in [0.4, 0.5) is 0 Å². The minimum atomic E-state index is -0.0874. The monoisotopic (exact) mass is 384 g/mol. The van der Waals surface area contributed by atoms with Crippen molar-refractivity contribution in [3.05, 3.63) is 58.0 Å². The van der Waals surface area contributed by atoms with Crippen molar-refractivity contribution >= 4 is 17.2 Å². The minimum Gasteiger partial charge on any atom is -0.350 e. The lowest BCUT2D eigenvalue weighted by molar-refractivity contribution is 0.0935. The number of nitrogens with zero attached hydrogens (tertiary/aromatic N) is 3. The van der Waals surface area contributed by atoms with Crippen LogP contribution in [0.25, 0.3) is 11.5 Å². The van der Waals surface area contributed by atoms with Crippen molar-refractivity contribution in [1.82, 2.24) is 20.4 Å². The summed E-state index contributed by atoms with van der Waals surface area (Å²) in [4.78, 5) is 19.1. The lowest BCUT2D eigenvalue weighted by Crippen LogP contribution is -2.37. The van der Waals surface area contributed by atoms with E-state index in [9.17, 15) is 4.79 Å². The van der Waals surface area contributed by atoms with Crippen molar-refractivity contribution in [2.45, 2.75) is 26.8 Å². The Hall–Kier alpha value is -2.51. The second-order valence-electron chi connectivity index (χ2n) is 6.23. The molecule has 0 saturated heterocycles. The van der Waals surface area contributed by atoms with Gasteiger partial charge in [-0.25, -0.2) is 0 Å². The summed E-state index contributed by atoms with van der Waals surface area (Å²) in [5.74, 6) is 0.955. The predicted octanol–water partition coefficient (Wildman–Crippen LogP) is 3.92. The second-order valence-corrected chi connectivity index (χ2v) is 7.01. The molecule has 0 aliphatic carbocycles. The topological polar surface area (TPSA) is 71.3 Å². The van der Waals surface area contributed by atoms with E-state index >= 15 is 0 Å². The molecule has 0 radical (unpaired) electrons. The summed E-state index contributed by atoms with van der Waals surface area (Å²) in [6, 6.07) is 9.50. The van der Waals surface area contributed by atoms with Crippen LogP contribution in [0.2, 0.25) is 0 Å². The molecule has 27 heavy (non-hydrogen) atoms. The summed E-state index contributed by atoms with van der Waals surface area (Å²) in [6.07, 6.45) is 0. The number of likely N-dealkylation sites (N-methyl/N-ethyl adjacent to an activating group) is 1. The van der Waals surface area contributed by atoms with Crippen LogP contribution in [0.15, 0.2) is 45.6 Å². The number of hydrogen-bond donors (Lipinski definition) is 1. The molecule has 1 amide bonds. The zero-order valence-electron chi connectivity index (χ0n) is 15.8. The maximum atomic E-state index is 12.6. The summed E-state index contributed by atoms with van der Waals surface area (Å²) >= 11 is 1.68. The molecule has 0 bridgehead atoms. The Kier molecular flexibility index (Phi) is 6.36. The van der Waals surface area contributed by atoms with Gasteiger partial charge in [0.05, 0.1) is 6.04 Å². The van der Waals surface area contributed by atoms with Gasteiger partial charge in [-0.05, 0) is 66.7 Å². The van der Waals surface area contributed by atoms with Gasteiger partial charge in [-0.3, -0.25) is 9.69 Å². The molecule has 0 aliphatic heterocycles. The fraction of sp³-hybridized carbons (Fsp3) is 0.350. The summed E-state index contributed by atoms with van der Waals surface area (Å²) in [7, 11) is 0. The van der Waals surface area contributed by atoms with Crippen LogP contribution >= 0.6 is 11.3 Å². The molecule has 0 unspecified atom stereocenters. The highest BCUT2D eigenvalue weighted by atomic mass is 32.1. The van der Waals surface area contributed by atoms with Gasteiger partial charge in [0.2, 0.25) is 0 Å². The van der Waals surface area contributed by atoms with Crippen LogP contribution in [-0.4, -0.2) is 40.6 Å². The summed E-state index contributed by atoms with van der Waals surface area (Å²) in [5, 5.41) is 11.1. The third-order valence-electron chi connectivity index (χ3n) is 4.56. The van der Waals surface area contributed by atoms with Gasteiger partial charge >= 0.3 is 0 Å². The molecule has 142 valence electrons. The highest BCUT2D eigenvalue weighted by molar-refractivity contribution is 7.07. The van der Waals surface area contributed by atoms with Gasteiger partial charge in [0.1, 0.15) is 0 Å². The maximum absolute atomic E-state index is 12.6.